The van der Waals surface area contributed by atoms with Crippen LogP contribution in [0.2, 0.25) is 0 Å². The molecule has 1 atom stereocenters. The summed E-state index contributed by atoms with van der Waals surface area (Å²) in [5.41, 5.74) is -2.30. The third kappa shape index (κ3) is 3.81. The van der Waals surface area contributed by atoms with Gasteiger partial charge in [-0.1, -0.05) is 19.0 Å². The molecule has 0 aromatic carbocycles. The van der Waals surface area contributed by atoms with Gasteiger partial charge in [-0.05, 0) is 37.8 Å². The summed E-state index contributed by atoms with van der Waals surface area (Å²) in [6, 6.07) is 2.65. The molecule has 2 heterocycles. The fourth-order valence-corrected chi connectivity index (χ4v) is 4.06. The Balaban J connectivity index is 2.27. The zero-order valence-electron chi connectivity index (χ0n) is 14.8. The Bertz CT molecular complexity index is 845. The zero-order chi connectivity index (χ0) is 19.8. The number of hydrogen-bond donors (Lipinski definition) is 1. The van der Waals surface area contributed by atoms with Crippen molar-refractivity contribution in [1.29, 1.82) is 0 Å². The lowest BCUT2D eigenvalue weighted by atomic mass is 9.84. The van der Waals surface area contributed by atoms with E-state index < -0.39 is 25.7 Å². The minimum atomic E-state index is -4.68. The van der Waals surface area contributed by atoms with E-state index in [4.69, 9.17) is 9.05 Å². The van der Waals surface area contributed by atoms with Crippen LogP contribution in [0.1, 0.15) is 62.5 Å². The van der Waals surface area contributed by atoms with Crippen molar-refractivity contribution in [2.45, 2.75) is 57.2 Å². The lowest BCUT2D eigenvalue weighted by Gasteiger charge is -2.31. The van der Waals surface area contributed by atoms with Crippen molar-refractivity contribution in [1.82, 2.24) is 10.1 Å². The van der Waals surface area contributed by atoms with E-state index in [0.717, 1.165) is 19.0 Å². The van der Waals surface area contributed by atoms with Gasteiger partial charge < -0.3 is 9.42 Å². The Morgan fingerprint density at radius 3 is 2.52 bits per heavy atom. The van der Waals surface area contributed by atoms with Crippen LogP contribution >= 0.6 is 8.25 Å². The molecule has 1 aliphatic carbocycles. The molecule has 1 N–H and O–H groups in total. The fourth-order valence-electron chi connectivity index (χ4n) is 3.34. The van der Waals surface area contributed by atoms with E-state index in [1.165, 1.54) is 12.1 Å². The monoisotopic (exact) mass is 404 g/mol. The van der Waals surface area contributed by atoms with E-state index in [9.17, 15) is 22.6 Å². The Hall–Kier alpha value is -1.70. The predicted octanol–water partition coefficient (Wildman–Crippen LogP) is 5.05. The molecule has 1 aliphatic rings. The molecule has 10 heteroatoms. The van der Waals surface area contributed by atoms with Crippen LogP contribution in [0.5, 0.6) is 0 Å². The lowest BCUT2D eigenvalue weighted by molar-refractivity contribution is -0.140. The normalized spacial score (nSPS) is 16.5. The minimum Gasteiger partial charge on any atom is -0.360 e. The van der Waals surface area contributed by atoms with Gasteiger partial charge in [0.1, 0.15) is 17.1 Å². The van der Waals surface area contributed by atoms with Crippen LogP contribution in [0.4, 0.5) is 13.2 Å². The molecule has 148 valence electrons. The van der Waals surface area contributed by atoms with Crippen molar-refractivity contribution >= 4 is 8.25 Å². The average Bonchev–Trinajstić information content (AvgIpc) is 3.37. The standard InChI is InChI=1S/C17H20F3N2O4P/c1-3-16(4-2,26-27(23)24)12-13(22-25-14(12)10-7-8-10)11-6-5-9-21-15(11)17(18,19)20/h5-6,9-10,27H,3-4,7-8H2,1-2H3,(H,23,24). The van der Waals surface area contributed by atoms with Gasteiger partial charge in [0.05, 0.1) is 5.56 Å². The number of aromatic nitrogens is 2. The van der Waals surface area contributed by atoms with E-state index in [-0.39, 0.29) is 30.0 Å². The lowest BCUT2D eigenvalue weighted by Crippen LogP contribution is -2.27. The highest BCUT2D eigenvalue weighted by Crippen LogP contribution is 2.52. The maximum absolute atomic E-state index is 13.5. The van der Waals surface area contributed by atoms with Crippen LogP contribution in [0.3, 0.4) is 0 Å². The highest BCUT2D eigenvalue weighted by atomic mass is 31.1. The van der Waals surface area contributed by atoms with Gasteiger partial charge in [0.15, 0.2) is 5.69 Å². The van der Waals surface area contributed by atoms with E-state index in [0.29, 0.717) is 11.3 Å². The third-order valence-corrected chi connectivity index (χ3v) is 5.44. The van der Waals surface area contributed by atoms with Gasteiger partial charge >= 0.3 is 14.4 Å². The molecule has 0 aliphatic heterocycles. The fraction of sp³-hybridized carbons (Fsp3) is 0.529. The second-order valence-electron chi connectivity index (χ2n) is 6.51. The second kappa shape index (κ2) is 7.37. The summed E-state index contributed by atoms with van der Waals surface area (Å²) in [6.07, 6.45) is -1.44. The van der Waals surface area contributed by atoms with Gasteiger partial charge in [-0.25, -0.2) is 0 Å². The molecule has 1 unspecified atom stereocenters. The van der Waals surface area contributed by atoms with Gasteiger partial charge in [0.2, 0.25) is 0 Å². The van der Waals surface area contributed by atoms with Gasteiger partial charge in [-0.2, -0.15) is 13.2 Å². The Labute approximate surface area is 154 Å². The summed E-state index contributed by atoms with van der Waals surface area (Å²) in [7, 11) is -3.35. The van der Waals surface area contributed by atoms with Crippen LogP contribution < -0.4 is 0 Å². The maximum Gasteiger partial charge on any atom is 0.434 e. The zero-order valence-corrected chi connectivity index (χ0v) is 15.8. The van der Waals surface area contributed by atoms with Crippen molar-refractivity contribution in [3.63, 3.8) is 0 Å². The first kappa shape index (κ1) is 20.0. The minimum absolute atomic E-state index is 0.0225. The SMILES string of the molecule is CCC(CC)(O[PH](=O)O)c1c(-c2cccnc2C(F)(F)F)noc1C1CC1. The number of halogens is 3. The molecule has 27 heavy (non-hydrogen) atoms. The van der Waals surface area contributed by atoms with Crippen LogP contribution in [0.25, 0.3) is 11.3 Å². The molecule has 2 aromatic rings. The average molecular weight is 404 g/mol. The van der Waals surface area contributed by atoms with Crippen LogP contribution in [0.15, 0.2) is 22.9 Å². The van der Waals surface area contributed by atoms with Crippen LogP contribution in [0, 0.1) is 0 Å². The van der Waals surface area contributed by atoms with E-state index in [2.05, 4.69) is 10.1 Å². The molecule has 0 amide bonds. The highest BCUT2D eigenvalue weighted by molar-refractivity contribution is 7.32. The summed E-state index contributed by atoms with van der Waals surface area (Å²) in [5, 5.41) is 3.92. The first-order chi connectivity index (χ1) is 12.7. The van der Waals surface area contributed by atoms with Crippen molar-refractivity contribution < 1.29 is 31.7 Å². The Morgan fingerprint density at radius 1 is 1.33 bits per heavy atom. The quantitative estimate of drug-likeness (QED) is 0.651. The van der Waals surface area contributed by atoms with Crippen molar-refractivity contribution in [2.24, 2.45) is 0 Å². The number of nitrogens with zero attached hydrogens (tertiary/aromatic N) is 2. The molecule has 3 rings (SSSR count). The first-order valence-electron chi connectivity index (χ1n) is 8.68. The first-order valence-corrected chi connectivity index (χ1v) is 9.94. The van der Waals surface area contributed by atoms with Gasteiger partial charge in [0.25, 0.3) is 0 Å². The second-order valence-corrected chi connectivity index (χ2v) is 7.25. The molecule has 0 saturated heterocycles. The molecule has 0 bridgehead atoms. The van der Waals surface area contributed by atoms with Crippen molar-refractivity contribution in [2.75, 3.05) is 0 Å². The summed E-state index contributed by atoms with van der Waals surface area (Å²) < 4.78 is 62.8. The van der Waals surface area contributed by atoms with Gasteiger partial charge in [-0.3, -0.25) is 14.1 Å². The van der Waals surface area contributed by atoms with Crippen LogP contribution in [-0.2, 0) is 20.9 Å². The molecule has 1 saturated carbocycles. The molecule has 0 radical (unpaired) electrons. The van der Waals surface area contributed by atoms with Crippen molar-refractivity contribution in [3.05, 3.63) is 35.3 Å². The number of alkyl halides is 3. The molecule has 1 fully saturated rings. The predicted molar refractivity (Wildman–Crippen MR) is 91.3 cm³/mol. The topological polar surface area (TPSA) is 85.5 Å². The largest absolute Gasteiger partial charge is 0.434 e. The summed E-state index contributed by atoms with van der Waals surface area (Å²) in [5.74, 6) is 0.447. The number of pyridine rings is 1. The molecule has 6 nitrogen and oxygen atoms in total. The maximum atomic E-state index is 13.5. The van der Waals surface area contributed by atoms with E-state index in [1.807, 2.05) is 0 Å². The van der Waals surface area contributed by atoms with Crippen LogP contribution in [-0.4, -0.2) is 15.0 Å². The van der Waals surface area contributed by atoms with Gasteiger partial charge in [-0.15, -0.1) is 0 Å². The highest BCUT2D eigenvalue weighted by Gasteiger charge is 2.45. The number of hydrogen-bond acceptors (Lipinski definition) is 5. The Kier molecular flexibility index (Phi) is 5.47. The molecular formula is C17H20F3N2O4P. The molecular weight excluding hydrogens is 384 g/mol. The van der Waals surface area contributed by atoms with E-state index >= 15 is 0 Å². The summed E-state index contributed by atoms with van der Waals surface area (Å²) >= 11 is 0. The van der Waals surface area contributed by atoms with Gasteiger partial charge in [0, 0.05) is 17.7 Å². The summed E-state index contributed by atoms with van der Waals surface area (Å²) in [6.45, 7) is 3.49. The molecule has 0 spiro atoms. The molecule has 2 aromatic heterocycles. The third-order valence-electron chi connectivity index (χ3n) is 4.88. The Morgan fingerprint density at radius 2 is 2.00 bits per heavy atom. The number of rotatable bonds is 7. The van der Waals surface area contributed by atoms with E-state index in [1.54, 1.807) is 13.8 Å². The smallest absolute Gasteiger partial charge is 0.360 e. The van der Waals surface area contributed by atoms with Crippen molar-refractivity contribution in [3.8, 4) is 11.3 Å². The summed E-state index contributed by atoms with van der Waals surface area (Å²) in [4.78, 5) is 12.9.